The molecule has 130 valence electrons. The second-order valence-electron chi connectivity index (χ2n) is 4.98. The van der Waals surface area contributed by atoms with Crippen molar-refractivity contribution in [3.05, 3.63) is 29.3 Å². The maximum absolute atomic E-state index is 12.9. The highest BCUT2D eigenvalue weighted by atomic mass is 35.5. The van der Waals surface area contributed by atoms with Crippen molar-refractivity contribution in [1.29, 1.82) is 0 Å². The third kappa shape index (κ3) is 5.72. The Morgan fingerprint density at radius 1 is 1.30 bits per heavy atom. The molecule has 2 amide bonds. The number of carbonyl (C=O) groups excluding carboxylic acids is 2. The van der Waals surface area contributed by atoms with Crippen molar-refractivity contribution in [1.82, 2.24) is 4.90 Å². The van der Waals surface area contributed by atoms with Crippen molar-refractivity contribution in [2.45, 2.75) is 26.1 Å². The second kappa shape index (κ2) is 8.16. The topological polar surface area (TPSA) is 75.4 Å². The maximum Gasteiger partial charge on any atom is 0.416 e. The molecule has 3 N–H and O–H groups in total. The fourth-order valence-corrected chi connectivity index (χ4v) is 1.75. The van der Waals surface area contributed by atoms with Gasteiger partial charge in [-0.2, -0.15) is 13.2 Å². The molecular weight excluding hydrogens is 335 g/mol. The van der Waals surface area contributed by atoms with Gasteiger partial charge in [0.05, 0.1) is 5.56 Å². The molecule has 0 spiro atoms. The van der Waals surface area contributed by atoms with E-state index in [4.69, 9.17) is 5.73 Å². The first-order valence-corrected chi connectivity index (χ1v) is 6.53. The number of benzene rings is 1. The molecule has 1 rings (SSSR count). The van der Waals surface area contributed by atoms with E-state index in [1.54, 1.807) is 6.92 Å². The number of hydrogen-bond donors (Lipinski definition) is 2. The van der Waals surface area contributed by atoms with Gasteiger partial charge in [0.2, 0.25) is 5.91 Å². The number of likely N-dealkylation sites (N-methyl/N-ethyl adjacent to an activating group) is 1. The van der Waals surface area contributed by atoms with E-state index in [9.17, 15) is 22.8 Å². The summed E-state index contributed by atoms with van der Waals surface area (Å²) < 4.78 is 38.8. The molecule has 9 heteroatoms. The zero-order valence-electron chi connectivity index (χ0n) is 12.9. The van der Waals surface area contributed by atoms with E-state index in [1.807, 2.05) is 0 Å². The lowest BCUT2D eigenvalue weighted by atomic mass is 10.1. The fraction of sp³-hybridized carbons (Fsp3) is 0.429. The van der Waals surface area contributed by atoms with Gasteiger partial charge in [-0.25, -0.2) is 0 Å². The predicted octanol–water partition coefficient (Wildman–Crippen LogP) is 2.50. The lowest BCUT2D eigenvalue weighted by molar-refractivity contribution is -0.137. The molecule has 0 saturated heterocycles. The van der Waals surface area contributed by atoms with E-state index in [1.165, 1.54) is 24.9 Å². The normalized spacial score (nSPS) is 12.1. The fourth-order valence-electron chi connectivity index (χ4n) is 1.75. The van der Waals surface area contributed by atoms with Crippen LogP contribution in [-0.4, -0.2) is 36.3 Å². The molecule has 0 heterocycles. The van der Waals surface area contributed by atoms with E-state index in [2.05, 4.69) is 5.32 Å². The van der Waals surface area contributed by atoms with Gasteiger partial charge in [0.25, 0.3) is 5.91 Å². The molecule has 0 radical (unpaired) electrons. The molecule has 1 unspecified atom stereocenters. The van der Waals surface area contributed by atoms with Crippen LogP contribution in [0.4, 0.5) is 18.9 Å². The smallest absolute Gasteiger partial charge is 0.338 e. The highest BCUT2D eigenvalue weighted by molar-refractivity contribution is 5.97. The molecule has 1 atom stereocenters. The summed E-state index contributed by atoms with van der Waals surface area (Å²) in [5.74, 6) is -1.13. The van der Waals surface area contributed by atoms with E-state index in [-0.39, 0.29) is 36.2 Å². The molecule has 0 aliphatic rings. The molecular formula is C14H19ClF3N3O2. The zero-order valence-corrected chi connectivity index (χ0v) is 13.7. The monoisotopic (exact) mass is 353 g/mol. The Morgan fingerprint density at radius 3 is 2.30 bits per heavy atom. The summed E-state index contributed by atoms with van der Waals surface area (Å²) in [5, 5.41) is 2.26. The Morgan fingerprint density at radius 2 is 1.87 bits per heavy atom. The quantitative estimate of drug-likeness (QED) is 0.873. The molecule has 0 aliphatic heterocycles. The Kier molecular flexibility index (Phi) is 7.53. The highest BCUT2D eigenvalue weighted by Gasteiger charge is 2.32. The minimum Gasteiger partial charge on any atom is -0.338 e. The second-order valence-corrected chi connectivity index (χ2v) is 4.98. The van der Waals surface area contributed by atoms with Gasteiger partial charge in [0.15, 0.2) is 0 Å². The molecule has 0 bridgehead atoms. The van der Waals surface area contributed by atoms with Gasteiger partial charge in [-0.15, -0.1) is 12.4 Å². The number of carbonyl (C=O) groups is 2. The number of hydrogen-bond acceptors (Lipinski definition) is 3. The molecule has 5 nitrogen and oxygen atoms in total. The van der Waals surface area contributed by atoms with E-state index in [0.29, 0.717) is 0 Å². The standard InChI is InChI=1S/C14H18F3N3O2.ClH/c1-8(7-18)20(3)13(22)10-4-11(14(15,16)17)6-12(5-10)19-9(2)21;/h4-6,8H,7,18H2,1-3H3,(H,19,21);1H. The minimum absolute atomic E-state index is 0. The average molecular weight is 354 g/mol. The SMILES string of the molecule is CC(=O)Nc1cc(C(=O)N(C)C(C)CN)cc(C(F)(F)F)c1.Cl. The van der Waals surface area contributed by atoms with Crippen molar-refractivity contribution >= 4 is 29.9 Å². The number of anilines is 1. The first-order valence-electron chi connectivity index (χ1n) is 6.53. The summed E-state index contributed by atoms with van der Waals surface area (Å²) in [5.41, 5.74) is 4.20. The molecule has 1 aromatic rings. The van der Waals surface area contributed by atoms with Crippen LogP contribution in [0.15, 0.2) is 18.2 Å². The summed E-state index contributed by atoms with van der Waals surface area (Å²) >= 11 is 0. The summed E-state index contributed by atoms with van der Waals surface area (Å²) in [6, 6.07) is 2.42. The van der Waals surface area contributed by atoms with Crippen LogP contribution in [-0.2, 0) is 11.0 Å². The van der Waals surface area contributed by atoms with Gasteiger partial charge in [-0.3, -0.25) is 9.59 Å². The van der Waals surface area contributed by atoms with Crippen LogP contribution in [0.2, 0.25) is 0 Å². The van der Waals surface area contributed by atoms with Gasteiger partial charge < -0.3 is 16.0 Å². The first-order chi connectivity index (χ1) is 10.1. The van der Waals surface area contributed by atoms with Crippen LogP contribution >= 0.6 is 12.4 Å². The average Bonchev–Trinajstić information content (AvgIpc) is 2.42. The minimum atomic E-state index is -4.62. The van der Waals surface area contributed by atoms with Gasteiger partial charge >= 0.3 is 6.18 Å². The van der Waals surface area contributed by atoms with Crippen molar-refractivity contribution in [3.63, 3.8) is 0 Å². The number of nitrogens with two attached hydrogens (primary N) is 1. The van der Waals surface area contributed by atoms with E-state index < -0.39 is 23.6 Å². The number of amides is 2. The van der Waals surface area contributed by atoms with Crippen LogP contribution in [0.25, 0.3) is 0 Å². The highest BCUT2D eigenvalue weighted by Crippen LogP contribution is 2.32. The van der Waals surface area contributed by atoms with Gasteiger partial charge in [0, 0.05) is 37.8 Å². The Bertz CT molecular complexity index is 579. The van der Waals surface area contributed by atoms with E-state index >= 15 is 0 Å². The summed E-state index contributed by atoms with van der Waals surface area (Å²) in [6.45, 7) is 3.03. The van der Waals surface area contributed by atoms with Crippen LogP contribution in [0.1, 0.15) is 29.8 Å². The van der Waals surface area contributed by atoms with E-state index in [0.717, 1.165) is 12.1 Å². The largest absolute Gasteiger partial charge is 0.416 e. The van der Waals surface area contributed by atoms with Crippen molar-refractivity contribution < 1.29 is 22.8 Å². The maximum atomic E-state index is 12.9. The number of nitrogens with one attached hydrogen (secondary N) is 1. The van der Waals surface area contributed by atoms with Gasteiger partial charge in [-0.1, -0.05) is 0 Å². The van der Waals surface area contributed by atoms with Crippen molar-refractivity contribution in [2.24, 2.45) is 5.73 Å². The predicted molar refractivity (Wildman–Crippen MR) is 83.6 cm³/mol. The Balaban J connectivity index is 0.00000484. The number of rotatable bonds is 4. The molecule has 0 aliphatic carbocycles. The molecule has 0 fully saturated rings. The Labute approximate surface area is 138 Å². The van der Waals surface area contributed by atoms with Crippen LogP contribution < -0.4 is 11.1 Å². The number of alkyl halides is 3. The van der Waals surface area contributed by atoms with Crippen LogP contribution in [0.5, 0.6) is 0 Å². The van der Waals surface area contributed by atoms with Crippen molar-refractivity contribution in [2.75, 3.05) is 18.9 Å². The van der Waals surface area contributed by atoms with Crippen LogP contribution in [0.3, 0.4) is 0 Å². The molecule has 1 aromatic carbocycles. The number of nitrogens with zero attached hydrogens (tertiary/aromatic N) is 1. The first kappa shape index (κ1) is 21.2. The molecule has 23 heavy (non-hydrogen) atoms. The summed E-state index contributed by atoms with van der Waals surface area (Å²) in [4.78, 5) is 24.5. The van der Waals surface area contributed by atoms with Gasteiger partial charge in [0.1, 0.15) is 0 Å². The Hall–Kier alpha value is -1.80. The summed E-state index contributed by atoms with van der Waals surface area (Å²) in [6.07, 6.45) is -4.62. The lowest BCUT2D eigenvalue weighted by Crippen LogP contribution is -2.39. The third-order valence-electron chi connectivity index (χ3n) is 3.15. The molecule has 0 saturated carbocycles. The summed E-state index contributed by atoms with van der Waals surface area (Å²) in [7, 11) is 1.46. The number of halogens is 4. The van der Waals surface area contributed by atoms with Crippen LogP contribution in [0, 0.1) is 0 Å². The third-order valence-corrected chi connectivity index (χ3v) is 3.15. The van der Waals surface area contributed by atoms with Gasteiger partial charge in [-0.05, 0) is 25.1 Å². The lowest BCUT2D eigenvalue weighted by Gasteiger charge is -2.24. The van der Waals surface area contributed by atoms with Crippen molar-refractivity contribution in [3.8, 4) is 0 Å². The zero-order chi connectivity index (χ0) is 17.1. The molecule has 0 aromatic heterocycles.